The Morgan fingerprint density at radius 2 is 1.80 bits per heavy atom. The Morgan fingerprint density at radius 3 is 2.57 bits per heavy atom. The van der Waals surface area contributed by atoms with Gasteiger partial charge in [-0.3, -0.25) is 9.59 Å². The van der Waals surface area contributed by atoms with Gasteiger partial charge in [-0.05, 0) is 61.6 Å². The fourth-order valence-corrected chi connectivity index (χ4v) is 4.44. The summed E-state index contributed by atoms with van der Waals surface area (Å²) in [6.45, 7) is 6.83. The van der Waals surface area contributed by atoms with E-state index < -0.39 is 0 Å². The number of fused-ring (bicyclic) bond motifs is 1. The molecule has 0 radical (unpaired) electrons. The lowest BCUT2D eigenvalue weighted by Crippen LogP contribution is -2.33. The average Bonchev–Trinajstić information content (AvgIpc) is 2.87. The zero-order chi connectivity index (χ0) is 24.8. The minimum atomic E-state index is -0.193. The molecule has 4 rings (SSSR count). The van der Waals surface area contributed by atoms with Gasteiger partial charge in [-0.25, -0.2) is 4.98 Å². The highest BCUT2D eigenvalue weighted by atomic mass is 16.5. The Bertz CT molecular complexity index is 1200. The molecule has 0 atom stereocenters. The number of aryl methyl sites for hydroxylation is 1. The van der Waals surface area contributed by atoms with E-state index in [0.717, 1.165) is 52.6 Å². The van der Waals surface area contributed by atoms with Gasteiger partial charge in [0.1, 0.15) is 11.6 Å². The quantitative estimate of drug-likeness (QED) is 0.489. The number of nitrogens with zero attached hydrogens (tertiary/aromatic N) is 2. The Hall–Kier alpha value is -3.61. The van der Waals surface area contributed by atoms with Crippen LogP contribution in [0.15, 0.2) is 48.5 Å². The molecule has 1 aliphatic rings. The fraction of sp³-hybridized carbons (Fsp3) is 0.393. The van der Waals surface area contributed by atoms with E-state index in [9.17, 15) is 9.59 Å². The van der Waals surface area contributed by atoms with Crippen LogP contribution in [0.4, 0.5) is 11.5 Å². The Labute approximate surface area is 206 Å². The lowest BCUT2D eigenvalue weighted by atomic mass is 9.99. The molecule has 184 valence electrons. The summed E-state index contributed by atoms with van der Waals surface area (Å²) in [6.07, 6.45) is 2.62. The standard InChI is InChI=1S/C28H34N4O3/c1-19-12-14-32(15-13-19)26-16-20(2)23-17-22(8-9-24(23)31-26)30-28(34)11-10-27(33)29-18-21-6-4-5-7-25(21)35-3/h4-9,16-17,19H,10-15,18H2,1-3H3,(H,29,33)(H,30,34). The van der Waals surface area contributed by atoms with Gasteiger partial charge in [0.25, 0.3) is 0 Å². The average molecular weight is 475 g/mol. The fourth-order valence-electron chi connectivity index (χ4n) is 4.44. The highest BCUT2D eigenvalue weighted by molar-refractivity contribution is 5.96. The molecule has 0 bridgehead atoms. The molecule has 2 amide bonds. The molecular weight excluding hydrogens is 440 g/mol. The Balaban J connectivity index is 1.31. The predicted molar refractivity (Wildman–Crippen MR) is 140 cm³/mol. The maximum absolute atomic E-state index is 12.5. The van der Waals surface area contributed by atoms with Crippen LogP contribution in [0, 0.1) is 12.8 Å². The molecule has 35 heavy (non-hydrogen) atoms. The van der Waals surface area contributed by atoms with Crippen molar-refractivity contribution in [3.05, 3.63) is 59.7 Å². The molecular formula is C28H34N4O3. The first-order chi connectivity index (χ1) is 16.9. The van der Waals surface area contributed by atoms with Gasteiger partial charge in [-0.1, -0.05) is 25.1 Å². The monoisotopic (exact) mass is 474 g/mol. The summed E-state index contributed by atoms with van der Waals surface area (Å²) in [5.41, 5.74) is 3.66. The molecule has 2 aromatic carbocycles. The number of hydrogen-bond donors (Lipinski definition) is 2. The molecule has 1 aliphatic heterocycles. The Kier molecular flexibility index (Phi) is 7.85. The molecule has 0 aliphatic carbocycles. The molecule has 0 saturated carbocycles. The molecule has 1 aromatic heterocycles. The van der Waals surface area contributed by atoms with Crippen LogP contribution in [0.25, 0.3) is 10.9 Å². The third-order valence-corrected chi connectivity index (χ3v) is 6.64. The van der Waals surface area contributed by atoms with E-state index in [1.54, 1.807) is 7.11 Å². The first-order valence-electron chi connectivity index (χ1n) is 12.3. The van der Waals surface area contributed by atoms with Crippen molar-refractivity contribution in [1.29, 1.82) is 0 Å². The van der Waals surface area contributed by atoms with Gasteiger partial charge in [0.15, 0.2) is 0 Å². The maximum atomic E-state index is 12.5. The number of benzene rings is 2. The molecule has 7 heteroatoms. The third-order valence-electron chi connectivity index (χ3n) is 6.64. The largest absolute Gasteiger partial charge is 0.496 e. The number of hydrogen-bond acceptors (Lipinski definition) is 5. The van der Waals surface area contributed by atoms with Crippen LogP contribution in [-0.4, -0.2) is 37.0 Å². The molecule has 2 N–H and O–H groups in total. The van der Waals surface area contributed by atoms with Crippen LogP contribution in [0.5, 0.6) is 5.75 Å². The van der Waals surface area contributed by atoms with Gasteiger partial charge in [0, 0.05) is 49.1 Å². The third kappa shape index (κ3) is 6.29. The normalized spacial score (nSPS) is 14.1. The number of aromatic nitrogens is 1. The summed E-state index contributed by atoms with van der Waals surface area (Å²) >= 11 is 0. The lowest BCUT2D eigenvalue weighted by molar-refractivity contribution is -0.124. The smallest absolute Gasteiger partial charge is 0.224 e. The summed E-state index contributed by atoms with van der Waals surface area (Å²) in [4.78, 5) is 31.9. The highest BCUT2D eigenvalue weighted by Gasteiger charge is 2.18. The van der Waals surface area contributed by atoms with Crippen LogP contribution < -0.4 is 20.3 Å². The number of para-hydroxylation sites is 1. The number of anilines is 2. The molecule has 7 nitrogen and oxygen atoms in total. The van der Waals surface area contributed by atoms with E-state index in [-0.39, 0.29) is 24.7 Å². The van der Waals surface area contributed by atoms with E-state index in [2.05, 4.69) is 35.4 Å². The van der Waals surface area contributed by atoms with Crippen molar-refractivity contribution >= 4 is 34.2 Å². The van der Waals surface area contributed by atoms with Crippen molar-refractivity contribution < 1.29 is 14.3 Å². The second kappa shape index (κ2) is 11.2. The summed E-state index contributed by atoms with van der Waals surface area (Å²) < 4.78 is 5.30. The second-order valence-electron chi connectivity index (χ2n) is 9.34. The van der Waals surface area contributed by atoms with Crippen molar-refractivity contribution in [2.24, 2.45) is 5.92 Å². The van der Waals surface area contributed by atoms with Gasteiger partial charge >= 0.3 is 0 Å². The lowest BCUT2D eigenvalue weighted by Gasteiger charge is -2.31. The van der Waals surface area contributed by atoms with Crippen molar-refractivity contribution in [3.8, 4) is 5.75 Å². The van der Waals surface area contributed by atoms with Gasteiger partial charge in [0.05, 0.1) is 12.6 Å². The van der Waals surface area contributed by atoms with Crippen LogP contribution >= 0.6 is 0 Å². The van der Waals surface area contributed by atoms with E-state index >= 15 is 0 Å². The second-order valence-corrected chi connectivity index (χ2v) is 9.34. The van der Waals surface area contributed by atoms with Gasteiger partial charge in [-0.2, -0.15) is 0 Å². The number of piperidine rings is 1. The highest BCUT2D eigenvalue weighted by Crippen LogP contribution is 2.28. The van der Waals surface area contributed by atoms with Crippen molar-refractivity contribution in [2.75, 3.05) is 30.4 Å². The van der Waals surface area contributed by atoms with Crippen LogP contribution in [-0.2, 0) is 16.1 Å². The molecule has 1 saturated heterocycles. The van der Waals surface area contributed by atoms with Gasteiger partial charge < -0.3 is 20.3 Å². The maximum Gasteiger partial charge on any atom is 0.224 e. The summed E-state index contributed by atoms with van der Waals surface area (Å²) in [5.74, 6) is 2.16. The zero-order valence-electron chi connectivity index (χ0n) is 20.8. The minimum absolute atomic E-state index is 0.110. The zero-order valence-corrected chi connectivity index (χ0v) is 20.8. The SMILES string of the molecule is COc1ccccc1CNC(=O)CCC(=O)Nc1ccc2nc(N3CCC(C)CC3)cc(C)c2c1. The van der Waals surface area contributed by atoms with E-state index in [4.69, 9.17) is 9.72 Å². The first-order valence-corrected chi connectivity index (χ1v) is 12.3. The number of nitrogens with one attached hydrogen (secondary N) is 2. The van der Waals surface area contributed by atoms with Crippen LogP contribution in [0.3, 0.4) is 0 Å². The first kappa shape index (κ1) is 24.5. The molecule has 3 aromatic rings. The van der Waals surface area contributed by atoms with Gasteiger partial charge in [-0.15, -0.1) is 0 Å². The summed E-state index contributed by atoms with van der Waals surface area (Å²) in [5, 5.41) is 6.78. The van der Waals surface area contributed by atoms with E-state index in [1.165, 1.54) is 12.8 Å². The number of carbonyl (C=O) groups is 2. The molecule has 0 unspecified atom stereocenters. The van der Waals surface area contributed by atoms with Crippen molar-refractivity contribution in [2.45, 2.75) is 46.1 Å². The number of carbonyl (C=O) groups excluding carboxylic acids is 2. The number of rotatable bonds is 8. The van der Waals surface area contributed by atoms with Crippen molar-refractivity contribution in [3.63, 3.8) is 0 Å². The number of amides is 2. The molecule has 2 heterocycles. The topological polar surface area (TPSA) is 83.6 Å². The predicted octanol–water partition coefficient (Wildman–Crippen LogP) is 4.82. The van der Waals surface area contributed by atoms with Crippen molar-refractivity contribution in [1.82, 2.24) is 10.3 Å². The minimum Gasteiger partial charge on any atom is -0.496 e. The summed E-state index contributed by atoms with van der Waals surface area (Å²) in [7, 11) is 1.60. The van der Waals surface area contributed by atoms with Crippen LogP contribution in [0.2, 0.25) is 0 Å². The van der Waals surface area contributed by atoms with E-state index in [0.29, 0.717) is 12.2 Å². The number of ether oxygens (including phenoxy) is 1. The summed E-state index contributed by atoms with van der Waals surface area (Å²) in [6, 6.07) is 15.4. The van der Waals surface area contributed by atoms with Crippen LogP contribution in [0.1, 0.15) is 43.7 Å². The number of pyridine rings is 1. The molecule has 0 spiro atoms. The molecule has 1 fully saturated rings. The number of methoxy groups -OCH3 is 1. The van der Waals surface area contributed by atoms with Gasteiger partial charge in [0.2, 0.25) is 11.8 Å². The van der Waals surface area contributed by atoms with E-state index in [1.807, 2.05) is 42.5 Å². The Morgan fingerprint density at radius 1 is 1.06 bits per heavy atom.